The highest BCUT2D eigenvalue weighted by molar-refractivity contribution is 5.77. The first-order valence-electron chi connectivity index (χ1n) is 6.39. The number of fused-ring (bicyclic) bond motifs is 1. The highest BCUT2D eigenvalue weighted by Crippen LogP contribution is 2.32. The van der Waals surface area contributed by atoms with Gasteiger partial charge < -0.3 is 14.4 Å². The Morgan fingerprint density at radius 1 is 1.14 bits per heavy atom. The van der Waals surface area contributed by atoms with Gasteiger partial charge in [-0.05, 0) is 24.3 Å². The molecule has 0 bridgehead atoms. The van der Waals surface area contributed by atoms with Crippen LogP contribution in [-0.2, 0) is 7.05 Å². The number of azo groups is 1. The quantitative estimate of drug-likeness (QED) is 0.744. The van der Waals surface area contributed by atoms with Gasteiger partial charge in [0.15, 0.2) is 0 Å². The van der Waals surface area contributed by atoms with Crippen LogP contribution < -0.4 is 4.74 Å². The van der Waals surface area contributed by atoms with Gasteiger partial charge in [-0.1, -0.05) is 12.1 Å². The van der Waals surface area contributed by atoms with Gasteiger partial charge in [0.1, 0.15) is 17.2 Å². The van der Waals surface area contributed by atoms with Gasteiger partial charge in [0.25, 0.3) is 0 Å². The van der Waals surface area contributed by atoms with Crippen LogP contribution in [0.25, 0.3) is 11.0 Å². The van der Waals surface area contributed by atoms with Gasteiger partial charge >= 0.3 is 0 Å². The summed E-state index contributed by atoms with van der Waals surface area (Å²) in [5, 5.41) is 17.9. The van der Waals surface area contributed by atoms with E-state index in [9.17, 15) is 5.11 Å². The number of phenolic OH excluding ortho intramolecular Hbond substituents is 1. The highest BCUT2D eigenvalue weighted by atomic mass is 16.5. The van der Waals surface area contributed by atoms with Crippen molar-refractivity contribution in [3.63, 3.8) is 0 Å². The van der Waals surface area contributed by atoms with Crippen LogP contribution in [0, 0.1) is 0 Å². The predicted molar refractivity (Wildman–Crippen MR) is 79.5 cm³/mol. The number of phenols is 1. The molecule has 0 atom stereocenters. The number of para-hydroxylation sites is 2. The standard InChI is InChI=1S/C15H14N4O2/c1-19-13-6-4-3-5-11(13)16-15(19)18-17-12-9-10(21-2)7-8-14(12)20/h3-9,20H,1-2H3. The van der Waals surface area contributed by atoms with Crippen molar-refractivity contribution in [2.45, 2.75) is 0 Å². The molecule has 1 N–H and O–H groups in total. The third kappa shape index (κ3) is 2.43. The van der Waals surface area contributed by atoms with E-state index in [4.69, 9.17) is 4.74 Å². The molecule has 2 aromatic carbocycles. The zero-order valence-electron chi connectivity index (χ0n) is 11.7. The SMILES string of the molecule is COc1ccc(O)c(N=Nc2nc3ccccc3n2C)c1. The molecule has 1 heterocycles. The number of hydrogen-bond acceptors (Lipinski definition) is 5. The largest absolute Gasteiger partial charge is 0.506 e. The van der Waals surface area contributed by atoms with Crippen molar-refractivity contribution >= 4 is 22.7 Å². The van der Waals surface area contributed by atoms with E-state index in [1.165, 1.54) is 6.07 Å². The molecular formula is C15H14N4O2. The van der Waals surface area contributed by atoms with Gasteiger partial charge in [0, 0.05) is 13.1 Å². The second-order valence-electron chi connectivity index (χ2n) is 4.51. The van der Waals surface area contributed by atoms with Crippen LogP contribution in [0.1, 0.15) is 0 Å². The maximum atomic E-state index is 9.78. The Balaban J connectivity index is 2.00. The average molecular weight is 282 g/mol. The van der Waals surface area contributed by atoms with E-state index in [1.807, 2.05) is 35.9 Å². The zero-order chi connectivity index (χ0) is 14.8. The van der Waals surface area contributed by atoms with Crippen molar-refractivity contribution < 1.29 is 9.84 Å². The summed E-state index contributed by atoms with van der Waals surface area (Å²) in [5.74, 6) is 1.11. The van der Waals surface area contributed by atoms with Crippen molar-refractivity contribution in [2.75, 3.05) is 7.11 Å². The van der Waals surface area contributed by atoms with Gasteiger partial charge in [-0.3, -0.25) is 0 Å². The third-order valence-corrected chi connectivity index (χ3v) is 3.19. The topological polar surface area (TPSA) is 72.0 Å². The van der Waals surface area contributed by atoms with E-state index in [0.717, 1.165) is 11.0 Å². The Hall–Kier alpha value is -2.89. The van der Waals surface area contributed by atoms with Gasteiger partial charge in [0.05, 0.1) is 18.1 Å². The van der Waals surface area contributed by atoms with Crippen molar-refractivity contribution in [1.29, 1.82) is 0 Å². The first-order valence-corrected chi connectivity index (χ1v) is 6.39. The van der Waals surface area contributed by atoms with Crippen molar-refractivity contribution in [2.24, 2.45) is 17.3 Å². The molecule has 0 saturated heterocycles. The molecule has 106 valence electrons. The van der Waals surface area contributed by atoms with E-state index in [-0.39, 0.29) is 5.75 Å². The number of methoxy groups -OCH3 is 1. The molecule has 0 aliphatic carbocycles. The van der Waals surface area contributed by atoms with E-state index < -0.39 is 0 Å². The molecule has 0 fully saturated rings. The van der Waals surface area contributed by atoms with Crippen LogP contribution in [0.2, 0.25) is 0 Å². The normalized spacial score (nSPS) is 11.3. The van der Waals surface area contributed by atoms with Crippen LogP contribution in [0.3, 0.4) is 0 Å². The molecule has 6 nitrogen and oxygen atoms in total. The molecule has 3 rings (SSSR count). The molecule has 0 spiro atoms. The summed E-state index contributed by atoms with van der Waals surface area (Å²) in [6, 6.07) is 12.5. The zero-order valence-corrected chi connectivity index (χ0v) is 11.7. The first kappa shape index (κ1) is 13.1. The Bertz CT molecular complexity index is 824. The van der Waals surface area contributed by atoms with Crippen LogP contribution >= 0.6 is 0 Å². The molecule has 3 aromatic rings. The minimum Gasteiger partial charge on any atom is -0.506 e. The summed E-state index contributed by atoms with van der Waals surface area (Å²) >= 11 is 0. The Labute approximate surface area is 121 Å². The summed E-state index contributed by atoms with van der Waals surface area (Å²) < 4.78 is 6.94. The Kier molecular flexibility index (Phi) is 3.27. The maximum absolute atomic E-state index is 9.78. The number of aromatic nitrogens is 2. The van der Waals surface area contributed by atoms with Crippen LogP contribution in [0.15, 0.2) is 52.7 Å². The molecule has 0 saturated carbocycles. The van der Waals surface area contributed by atoms with Crippen molar-refractivity contribution in [3.8, 4) is 11.5 Å². The van der Waals surface area contributed by atoms with E-state index in [1.54, 1.807) is 19.2 Å². The lowest BCUT2D eigenvalue weighted by atomic mass is 10.3. The number of imidazole rings is 1. The van der Waals surface area contributed by atoms with Gasteiger partial charge in [-0.15, -0.1) is 10.2 Å². The predicted octanol–water partition coefficient (Wildman–Crippen LogP) is 3.70. The Morgan fingerprint density at radius 3 is 2.71 bits per heavy atom. The number of aromatic hydroxyl groups is 1. The Morgan fingerprint density at radius 2 is 1.95 bits per heavy atom. The fourth-order valence-electron chi connectivity index (χ4n) is 2.03. The fraction of sp³-hybridized carbons (Fsp3) is 0.133. The minimum atomic E-state index is 0.0401. The van der Waals surface area contributed by atoms with Gasteiger partial charge in [0.2, 0.25) is 5.95 Å². The summed E-state index contributed by atoms with van der Waals surface area (Å²) in [4.78, 5) is 4.39. The van der Waals surface area contributed by atoms with Crippen molar-refractivity contribution in [1.82, 2.24) is 9.55 Å². The van der Waals surface area contributed by atoms with Crippen LogP contribution in [0.4, 0.5) is 11.6 Å². The molecule has 0 amide bonds. The van der Waals surface area contributed by atoms with Gasteiger partial charge in [-0.2, -0.15) is 0 Å². The van der Waals surface area contributed by atoms with E-state index in [0.29, 0.717) is 17.4 Å². The summed E-state index contributed by atoms with van der Waals surface area (Å²) in [6.45, 7) is 0. The number of aryl methyl sites for hydroxylation is 1. The highest BCUT2D eigenvalue weighted by Gasteiger charge is 2.07. The summed E-state index contributed by atoms with van der Waals surface area (Å²) in [7, 11) is 3.42. The molecule has 0 aliphatic rings. The molecule has 0 radical (unpaired) electrons. The fourth-order valence-corrected chi connectivity index (χ4v) is 2.03. The molecule has 1 aromatic heterocycles. The molecule has 0 aliphatic heterocycles. The second kappa shape index (κ2) is 5.24. The van der Waals surface area contributed by atoms with Gasteiger partial charge in [-0.25, -0.2) is 4.98 Å². The monoisotopic (exact) mass is 282 g/mol. The minimum absolute atomic E-state index is 0.0401. The smallest absolute Gasteiger partial charge is 0.250 e. The van der Waals surface area contributed by atoms with E-state index in [2.05, 4.69) is 15.2 Å². The maximum Gasteiger partial charge on any atom is 0.250 e. The molecular weight excluding hydrogens is 268 g/mol. The number of rotatable bonds is 3. The molecule has 21 heavy (non-hydrogen) atoms. The number of benzene rings is 2. The van der Waals surface area contributed by atoms with E-state index >= 15 is 0 Å². The average Bonchev–Trinajstić information content (AvgIpc) is 2.83. The lowest BCUT2D eigenvalue weighted by Crippen LogP contribution is -1.85. The number of ether oxygens (including phenoxy) is 1. The molecule has 0 unspecified atom stereocenters. The number of nitrogens with zero attached hydrogens (tertiary/aromatic N) is 4. The molecule has 6 heteroatoms. The lowest BCUT2D eigenvalue weighted by molar-refractivity contribution is 0.412. The number of hydrogen-bond donors (Lipinski definition) is 1. The van der Waals surface area contributed by atoms with Crippen molar-refractivity contribution in [3.05, 3.63) is 42.5 Å². The van der Waals surface area contributed by atoms with Crippen LogP contribution in [0.5, 0.6) is 11.5 Å². The van der Waals surface area contributed by atoms with Crippen LogP contribution in [-0.4, -0.2) is 21.8 Å². The lowest BCUT2D eigenvalue weighted by Gasteiger charge is -2.02. The summed E-state index contributed by atoms with van der Waals surface area (Å²) in [5.41, 5.74) is 2.16. The first-order chi connectivity index (χ1) is 10.2. The second-order valence-corrected chi connectivity index (χ2v) is 4.51. The summed E-state index contributed by atoms with van der Waals surface area (Å²) in [6.07, 6.45) is 0. The third-order valence-electron chi connectivity index (χ3n) is 3.19.